The summed E-state index contributed by atoms with van der Waals surface area (Å²) < 4.78 is 10.1. The van der Waals surface area contributed by atoms with E-state index in [1.165, 1.54) is 19.9 Å². The monoisotopic (exact) mass is 202 g/mol. The topological polar surface area (TPSA) is 55.8 Å². The molecule has 0 spiro atoms. The zero-order chi connectivity index (χ0) is 11.1. The van der Waals surface area contributed by atoms with E-state index < -0.39 is 12.4 Å². The van der Waals surface area contributed by atoms with Gasteiger partial charge in [-0.2, -0.15) is 0 Å². The Kier molecular flexibility index (Phi) is 6.16. The predicted molar refractivity (Wildman–Crippen MR) is 52.6 cm³/mol. The Morgan fingerprint density at radius 1 is 1.64 bits per heavy atom. The van der Waals surface area contributed by atoms with Gasteiger partial charge >= 0.3 is 5.97 Å². The van der Waals surface area contributed by atoms with Gasteiger partial charge in [-0.05, 0) is 19.4 Å². The first-order valence-corrected chi connectivity index (χ1v) is 4.64. The van der Waals surface area contributed by atoms with E-state index in [0.717, 1.165) is 0 Å². The van der Waals surface area contributed by atoms with E-state index in [0.29, 0.717) is 6.42 Å². The number of aliphatic hydroxyl groups is 1. The van der Waals surface area contributed by atoms with Crippen molar-refractivity contribution in [3.05, 3.63) is 12.7 Å². The summed E-state index contributed by atoms with van der Waals surface area (Å²) in [5.41, 5.74) is 0. The Morgan fingerprint density at radius 3 is 2.50 bits per heavy atom. The van der Waals surface area contributed by atoms with Crippen LogP contribution in [0.15, 0.2) is 12.7 Å². The van der Waals surface area contributed by atoms with Gasteiger partial charge in [-0.1, -0.05) is 13.5 Å². The van der Waals surface area contributed by atoms with Crippen molar-refractivity contribution < 1.29 is 19.4 Å². The molecule has 0 rings (SSSR count). The lowest BCUT2D eigenvalue weighted by atomic mass is 10.1. The highest BCUT2D eigenvalue weighted by atomic mass is 16.6. The van der Waals surface area contributed by atoms with Crippen molar-refractivity contribution in [2.45, 2.75) is 45.7 Å². The minimum Gasteiger partial charge on any atom is -0.456 e. The zero-order valence-corrected chi connectivity index (χ0v) is 8.90. The van der Waals surface area contributed by atoms with Gasteiger partial charge in [0.25, 0.3) is 0 Å². The van der Waals surface area contributed by atoms with Crippen LogP contribution >= 0.6 is 0 Å². The third-order valence-corrected chi connectivity index (χ3v) is 1.67. The standard InChI is InChI=1S/C10H18O4/c1-5-9(13-7(3)11)10(6-2)14-8(4)12/h5,8-10,12H,1,6H2,2-4H3. The molecular weight excluding hydrogens is 184 g/mol. The molecule has 3 atom stereocenters. The molecule has 3 unspecified atom stereocenters. The van der Waals surface area contributed by atoms with Crippen molar-refractivity contribution in [3.8, 4) is 0 Å². The first-order chi connectivity index (χ1) is 6.51. The number of hydrogen-bond donors (Lipinski definition) is 1. The van der Waals surface area contributed by atoms with Gasteiger partial charge in [-0.15, -0.1) is 0 Å². The van der Waals surface area contributed by atoms with Crippen LogP contribution in [0.2, 0.25) is 0 Å². The minimum absolute atomic E-state index is 0.351. The Bertz CT molecular complexity index is 189. The summed E-state index contributed by atoms with van der Waals surface area (Å²) in [7, 11) is 0. The summed E-state index contributed by atoms with van der Waals surface area (Å²) in [6, 6.07) is 0. The molecule has 0 saturated carbocycles. The fourth-order valence-corrected chi connectivity index (χ4v) is 1.13. The summed E-state index contributed by atoms with van der Waals surface area (Å²) >= 11 is 0. The van der Waals surface area contributed by atoms with Crippen molar-refractivity contribution in [3.63, 3.8) is 0 Å². The number of ether oxygens (including phenoxy) is 2. The molecular formula is C10H18O4. The molecule has 0 saturated heterocycles. The van der Waals surface area contributed by atoms with E-state index in [-0.39, 0.29) is 12.1 Å². The van der Waals surface area contributed by atoms with Gasteiger partial charge in [-0.25, -0.2) is 0 Å². The van der Waals surface area contributed by atoms with E-state index in [2.05, 4.69) is 6.58 Å². The number of esters is 1. The summed E-state index contributed by atoms with van der Waals surface area (Å²) in [5, 5.41) is 9.04. The first-order valence-electron chi connectivity index (χ1n) is 4.64. The fourth-order valence-electron chi connectivity index (χ4n) is 1.13. The van der Waals surface area contributed by atoms with Crippen molar-refractivity contribution in [1.82, 2.24) is 0 Å². The highest BCUT2D eigenvalue weighted by Crippen LogP contribution is 2.11. The number of aliphatic hydroxyl groups excluding tert-OH is 1. The van der Waals surface area contributed by atoms with Crippen LogP contribution in [0, 0.1) is 0 Å². The molecule has 4 nitrogen and oxygen atoms in total. The second-order valence-corrected chi connectivity index (χ2v) is 2.99. The molecule has 1 N–H and O–H groups in total. The lowest BCUT2D eigenvalue weighted by Gasteiger charge is -2.24. The van der Waals surface area contributed by atoms with Crippen LogP contribution in [0.1, 0.15) is 27.2 Å². The average Bonchev–Trinajstić information content (AvgIpc) is 2.10. The Morgan fingerprint density at radius 2 is 2.21 bits per heavy atom. The van der Waals surface area contributed by atoms with Crippen molar-refractivity contribution >= 4 is 5.97 Å². The molecule has 14 heavy (non-hydrogen) atoms. The molecule has 0 radical (unpaired) electrons. The smallest absolute Gasteiger partial charge is 0.303 e. The molecule has 0 aliphatic carbocycles. The summed E-state index contributed by atoms with van der Waals surface area (Å²) in [4.78, 5) is 10.7. The maximum atomic E-state index is 10.7. The van der Waals surface area contributed by atoms with Crippen LogP contribution in [-0.2, 0) is 14.3 Å². The van der Waals surface area contributed by atoms with Crippen LogP contribution in [0.25, 0.3) is 0 Å². The molecule has 0 fully saturated rings. The van der Waals surface area contributed by atoms with Crippen molar-refractivity contribution in [2.75, 3.05) is 0 Å². The minimum atomic E-state index is -0.877. The van der Waals surface area contributed by atoms with Crippen LogP contribution in [0.3, 0.4) is 0 Å². The maximum Gasteiger partial charge on any atom is 0.303 e. The molecule has 4 heteroatoms. The van der Waals surface area contributed by atoms with Gasteiger partial charge in [0, 0.05) is 6.92 Å². The third kappa shape index (κ3) is 4.99. The Hall–Kier alpha value is -0.870. The summed E-state index contributed by atoms with van der Waals surface area (Å²) in [6.45, 7) is 8.27. The third-order valence-electron chi connectivity index (χ3n) is 1.67. The van der Waals surface area contributed by atoms with Crippen LogP contribution in [-0.4, -0.2) is 29.6 Å². The quantitative estimate of drug-likeness (QED) is 0.400. The highest BCUT2D eigenvalue weighted by Gasteiger charge is 2.21. The van der Waals surface area contributed by atoms with Crippen LogP contribution in [0.4, 0.5) is 0 Å². The number of carbonyl (C=O) groups is 1. The van der Waals surface area contributed by atoms with Crippen LogP contribution < -0.4 is 0 Å². The maximum absolute atomic E-state index is 10.7. The van der Waals surface area contributed by atoms with E-state index in [9.17, 15) is 4.79 Å². The van der Waals surface area contributed by atoms with Crippen LogP contribution in [0.5, 0.6) is 0 Å². The van der Waals surface area contributed by atoms with E-state index in [1.54, 1.807) is 0 Å². The molecule has 0 aromatic rings. The van der Waals surface area contributed by atoms with Gasteiger partial charge in [0.05, 0.1) is 0 Å². The number of rotatable bonds is 6. The highest BCUT2D eigenvalue weighted by molar-refractivity contribution is 5.66. The van der Waals surface area contributed by atoms with Gasteiger partial charge in [-0.3, -0.25) is 4.79 Å². The lowest BCUT2D eigenvalue weighted by Crippen LogP contribution is -2.33. The van der Waals surface area contributed by atoms with Crippen molar-refractivity contribution in [2.24, 2.45) is 0 Å². The zero-order valence-electron chi connectivity index (χ0n) is 8.90. The first kappa shape index (κ1) is 13.1. The van der Waals surface area contributed by atoms with Crippen molar-refractivity contribution in [1.29, 1.82) is 0 Å². The van der Waals surface area contributed by atoms with Gasteiger partial charge < -0.3 is 14.6 Å². The second kappa shape index (κ2) is 6.56. The number of hydrogen-bond acceptors (Lipinski definition) is 4. The second-order valence-electron chi connectivity index (χ2n) is 2.99. The Labute approximate surface area is 84.5 Å². The average molecular weight is 202 g/mol. The molecule has 82 valence electrons. The molecule has 0 aromatic heterocycles. The normalized spacial score (nSPS) is 16.9. The predicted octanol–water partition coefficient (Wildman–Crippen LogP) is 1.24. The van der Waals surface area contributed by atoms with Gasteiger partial charge in [0.15, 0.2) is 6.29 Å². The molecule has 0 aliphatic heterocycles. The molecule has 0 heterocycles. The number of carbonyl (C=O) groups excluding carboxylic acids is 1. The molecule has 0 bridgehead atoms. The van der Waals surface area contributed by atoms with E-state index >= 15 is 0 Å². The Balaban J connectivity index is 4.28. The molecule has 0 aromatic carbocycles. The fraction of sp³-hybridized carbons (Fsp3) is 0.700. The lowest BCUT2D eigenvalue weighted by molar-refractivity contribution is -0.171. The SMILES string of the molecule is C=CC(OC(C)=O)C(CC)OC(C)O. The summed E-state index contributed by atoms with van der Waals surface area (Å²) in [5.74, 6) is -0.387. The summed E-state index contributed by atoms with van der Waals surface area (Å²) in [6.07, 6.45) is 0.397. The van der Waals surface area contributed by atoms with E-state index in [4.69, 9.17) is 14.6 Å². The molecule has 0 aliphatic rings. The van der Waals surface area contributed by atoms with Gasteiger partial charge in [0.2, 0.25) is 0 Å². The molecule has 0 amide bonds. The van der Waals surface area contributed by atoms with Gasteiger partial charge in [0.1, 0.15) is 12.2 Å². The largest absolute Gasteiger partial charge is 0.456 e. The van der Waals surface area contributed by atoms with E-state index in [1.807, 2.05) is 6.92 Å².